The van der Waals surface area contributed by atoms with Crippen LogP contribution in [0.25, 0.3) is 0 Å². The minimum absolute atomic E-state index is 0.00378. The Hall–Kier alpha value is -2.37. The van der Waals surface area contributed by atoms with Crippen molar-refractivity contribution in [1.82, 2.24) is 0 Å². The summed E-state index contributed by atoms with van der Waals surface area (Å²) in [6.45, 7) is 0. The zero-order chi connectivity index (χ0) is 14.8. The first-order valence-corrected chi connectivity index (χ1v) is 7.03. The number of nitrogens with zero attached hydrogens (tertiary/aromatic N) is 1. The smallest absolute Gasteiger partial charge is 0.353 e. The zero-order valence-corrected chi connectivity index (χ0v) is 11.5. The number of oxime groups is 1. The molecule has 21 heavy (non-hydrogen) atoms. The highest BCUT2D eigenvalue weighted by Crippen LogP contribution is 2.28. The third-order valence-corrected chi connectivity index (χ3v) is 3.86. The third kappa shape index (κ3) is 2.74. The summed E-state index contributed by atoms with van der Waals surface area (Å²) in [7, 11) is 0. The Morgan fingerprint density at radius 2 is 2.10 bits per heavy atom. The third-order valence-electron chi connectivity index (χ3n) is 3.86. The van der Waals surface area contributed by atoms with Crippen LogP contribution in [-0.4, -0.2) is 28.8 Å². The van der Waals surface area contributed by atoms with E-state index in [1.165, 1.54) is 17.5 Å². The van der Waals surface area contributed by atoms with Crippen molar-refractivity contribution >= 4 is 23.3 Å². The van der Waals surface area contributed by atoms with Gasteiger partial charge >= 0.3 is 5.97 Å². The van der Waals surface area contributed by atoms with Crippen molar-refractivity contribution in [3.05, 3.63) is 29.3 Å². The van der Waals surface area contributed by atoms with E-state index in [-0.39, 0.29) is 18.0 Å². The van der Waals surface area contributed by atoms with Crippen LogP contribution in [-0.2, 0) is 27.3 Å². The van der Waals surface area contributed by atoms with E-state index in [1.54, 1.807) is 0 Å². The van der Waals surface area contributed by atoms with Gasteiger partial charge in [0.25, 0.3) is 5.91 Å². The van der Waals surface area contributed by atoms with Gasteiger partial charge in [0.1, 0.15) is 0 Å². The first-order valence-electron chi connectivity index (χ1n) is 7.03. The molecule has 0 spiro atoms. The fraction of sp³-hybridized carbons (Fsp3) is 0.400. The van der Waals surface area contributed by atoms with E-state index < -0.39 is 12.1 Å². The molecule has 6 nitrogen and oxygen atoms in total. The number of rotatable bonds is 3. The number of carboxylic acid groups (broad SMARTS) is 1. The van der Waals surface area contributed by atoms with Gasteiger partial charge in [0.15, 0.2) is 5.71 Å². The van der Waals surface area contributed by atoms with Crippen LogP contribution in [0.5, 0.6) is 0 Å². The molecule has 0 saturated heterocycles. The van der Waals surface area contributed by atoms with Gasteiger partial charge in [0.05, 0.1) is 0 Å². The molecule has 1 heterocycles. The standard InChI is InChI=1S/C15H16N2O4/c18-14(13-8-12(15(19)20)17-21-13)16-11-7-3-5-9-4-1-2-6-10(9)11/h3,5,7,13H,1-2,4,6,8H2,(H,16,18)(H,19,20). The van der Waals surface area contributed by atoms with E-state index in [9.17, 15) is 9.59 Å². The average Bonchev–Trinajstić information content (AvgIpc) is 2.98. The Labute approximate surface area is 121 Å². The van der Waals surface area contributed by atoms with Crippen molar-refractivity contribution in [1.29, 1.82) is 0 Å². The number of nitrogens with one attached hydrogen (secondary N) is 1. The number of aliphatic carboxylic acids is 1. The van der Waals surface area contributed by atoms with Crippen LogP contribution in [0.1, 0.15) is 30.4 Å². The predicted molar refractivity (Wildman–Crippen MR) is 76.3 cm³/mol. The second-order valence-electron chi connectivity index (χ2n) is 5.28. The number of hydrogen-bond acceptors (Lipinski definition) is 4. The molecule has 0 fully saturated rings. The topological polar surface area (TPSA) is 88.0 Å². The molecule has 1 atom stereocenters. The molecule has 0 aromatic heterocycles. The lowest BCUT2D eigenvalue weighted by atomic mass is 9.90. The van der Waals surface area contributed by atoms with Crippen LogP contribution in [0.15, 0.2) is 23.4 Å². The fourth-order valence-corrected chi connectivity index (χ4v) is 2.76. The van der Waals surface area contributed by atoms with Gasteiger partial charge in [-0.15, -0.1) is 0 Å². The molecule has 1 aromatic rings. The number of amides is 1. The molecule has 2 aliphatic rings. The van der Waals surface area contributed by atoms with Gasteiger partial charge < -0.3 is 15.3 Å². The summed E-state index contributed by atoms with van der Waals surface area (Å²) in [4.78, 5) is 27.8. The maximum absolute atomic E-state index is 12.2. The highest BCUT2D eigenvalue weighted by Gasteiger charge is 2.32. The minimum atomic E-state index is -1.15. The second kappa shape index (κ2) is 5.55. The predicted octanol–water partition coefficient (Wildman–Crippen LogP) is 1.73. The molecular weight excluding hydrogens is 272 g/mol. The summed E-state index contributed by atoms with van der Waals surface area (Å²) in [6, 6.07) is 5.88. The van der Waals surface area contributed by atoms with Crippen LogP contribution in [0.3, 0.4) is 0 Å². The van der Waals surface area contributed by atoms with Crippen molar-refractivity contribution in [2.75, 3.05) is 5.32 Å². The molecular formula is C15H16N2O4. The van der Waals surface area contributed by atoms with Crippen molar-refractivity contribution in [3.63, 3.8) is 0 Å². The van der Waals surface area contributed by atoms with Crippen molar-refractivity contribution in [2.45, 2.75) is 38.2 Å². The lowest BCUT2D eigenvalue weighted by Crippen LogP contribution is -2.29. The number of benzene rings is 1. The lowest BCUT2D eigenvalue weighted by molar-refractivity contribution is -0.129. The van der Waals surface area contributed by atoms with Crippen LogP contribution in [0.2, 0.25) is 0 Å². The SMILES string of the molecule is O=C(O)C1=NOC(C(=O)Nc2cccc3c2CCCC3)C1. The quantitative estimate of drug-likeness (QED) is 0.886. The Bertz CT molecular complexity index is 624. The molecule has 1 aliphatic carbocycles. The number of carbonyl (C=O) groups excluding carboxylic acids is 1. The number of aryl methyl sites for hydroxylation is 1. The largest absolute Gasteiger partial charge is 0.477 e. The maximum Gasteiger partial charge on any atom is 0.353 e. The molecule has 0 bridgehead atoms. The van der Waals surface area contributed by atoms with Crippen LogP contribution < -0.4 is 5.32 Å². The molecule has 3 rings (SSSR count). The fourth-order valence-electron chi connectivity index (χ4n) is 2.76. The maximum atomic E-state index is 12.2. The van der Waals surface area contributed by atoms with Crippen LogP contribution in [0, 0.1) is 0 Å². The molecule has 0 saturated carbocycles. The summed E-state index contributed by atoms with van der Waals surface area (Å²) < 4.78 is 0. The molecule has 1 aromatic carbocycles. The first kappa shape index (κ1) is 13.6. The minimum Gasteiger partial charge on any atom is -0.477 e. The summed E-state index contributed by atoms with van der Waals surface area (Å²) in [5, 5.41) is 15.1. The van der Waals surface area contributed by atoms with Gasteiger partial charge in [-0.05, 0) is 42.9 Å². The number of carbonyl (C=O) groups is 2. The van der Waals surface area contributed by atoms with E-state index in [1.807, 2.05) is 12.1 Å². The monoisotopic (exact) mass is 288 g/mol. The van der Waals surface area contributed by atoms with E-state index >= 15 is 0 Å². The highest BCUT2D eigenvalue weighted by atomic mass is 16.6. The van der Waals surface area contributed by atoms with Crippen LogP contribution in [0.4, 0.5) is 5.69 Å². The molecule has 6 heteroatoms. The summed E-state index contributed by atoms with van der Waals surface area (Å²) in [5.41, 5.74) is 3.12. The van der Waals surface area contributed by atoms with Gasteiger partial charge in [-0.3, -0.25) is 4.79 Å². The zero-order valence-electron chi connectivity index (χ0n) is 11.5. The summed E-state index contributed by atoms with van der Waals surface area (Å²) >= 11 is 0. The van der Waals surface area contributed by atoms with Gasteiger partial charge in [0.2, 0.25) is 6.10 Å². The van der Waals surface area contributed by atoms with E-state index in [0.29, 0.717) is 0 Å². The van der Waals surface area contributed by atoms with Gasteiger partial charge in [-0.1, -0.05) is 17.3 Å². The van der Waals surface area contributed by atoms with E-state index in [0.717, 1.165) is 24.9 Å². The van der Waals surface area contributed by atoms with Gasteiger partial charge in [-0.2, -0.15) is 0 Å². The van der Waals surface area contributed by atoms with Gasteiger partial charge in [0, 0.05) is 12.1 Å². The Morgan fingerprint density at radius 1 is 1.29 bits per heavy atom. The Kier molecular flexibility index (Phi) is 3.60. The van der Waals surface area contributed by atoms with Gasteiger partial charge in [-0.25, -0.2) is 4.79 Å². The van der Waals surface area contributed by atoms with Crippen LogP contribution >= 0.6 is 0 Å². The highest BCUT2D eigenvalue weighted by molar-refractivity contribution is 6.36. The molecule has 1 aliphatic heterocycles. The molecule has 110 valence electrons. The first-order chi connectivity index (χ1) is 10.1. The molecule has 2 N–H and O–H groups in total. The number of hydrogen-bond donors (Lipinski definition) is 2. The van der Waals surface area contributed by atoms with Crippen molar-refractivity contribution in [2.24, 2.45) is 5.16 Å². The van der Waals surface area contributed by atoms with E-state index in [4.69, 9.17) is 9.94 Å². The molecule has 0 radical (unpaired) electrons. The summed E-state index contributed by atoms with van der Waals surface area (Å²) in [6.07, 6.45) is 3.41. The van der Waals surface area contributed by atoms with E-state index in [2.05, 4.69) is 16.5 Å². The normalized spacial score (nSPS) is 20.2. The molecule has 1 unspecified atom stereocenters. The summed E-state index contributed by atoms with van der Waals surface area (Å²) in [5.74, 6) is -1.50. The lowest BCUT2D eigenvalue weighted by Gasteiger charge is -2.20. The Balaban J connectivity index is 1.70. The number of carboxylic acids is 1. The van der Waals surface area contributed by atoms with Crippen molar-refractivity contribution in [3.8, 4) is 0 Å². The van der Waals surface area contributed by atoms with Crippen molar-refractivity contribution < 1.29 is 19.5 Å². The number of anilines is 1. The average molecular weight is 288 g/mol. The number of fused-ring (bicyclic) bond motifs is 1. The second-order valence-corrected chi connectivity index (χ2v) is 5.28. The molecule has 1 amide bonds. The Morgan fingerprint density at radius 3 is 2.86 bits per heavy atom.